The second kappa shape index (κ2) is 6.13. The maximum Gasteiger partial charge on any atom is 0.573 e. The third-order valence-electron chi connectivity index (χ3n) is 2.72. The molecule has 0 spiro atoms. The summed E-state index contributed by atoms with van der Waals surface area (Å²) < 4.78 is 40.0. The van der Waals surface area contributed by atoms with Gasteiger partial charge in [0.05, 0.1) is 6.04 Å². The Labute approximate surface area is 129 Å². The molecule has 2 nitrogen and oxygen atoms in total. The van der Waals surface area contributed by atoms with Gasteiger partial charge in [0.2, 0.25) is 0 Å². The number of ether oxygens (including phenoxy) is 1. The molecule has 21 heavy (non-hydrogen) atoms. The Morgan fingerprint density at radius 1 is 0.905 bits per heavy atom. The average molecular weight is 336 g/mol. The Hall–Kier alpha value is -1.43. The first-order chi connectivity index (χ1) is 9.74. The zero-order chi connectivity index (χ0) is 15.6. The lowest BCUT2D eigenvalue weighted by atomic mass is 10.00. The van der Waals surface area contributed by atoms with Gasteiger partial charge in [-0.1, -0.05) is 35.3 Å². The third kappa shape index (κ3) is 4.52. The molecule has 2 aromatic rings. The van der Waals surface area contributed by atoms with Gasteiger partial charge in [-0.15, -0.1) is 13.2 Å². The number of nitrogens with two attached hydrogens (primary N) is 1. The lowest BCUT2D eigenvalue weighted by Gasteiger charge is -2.15. The van der Waals surface area contributed by atoms with Crippen LogP contribution in [0.3, 0.4) is 0 Å². The van der Waals surface area contributed by atoms with E-state index in [0.717, 1.165) is 0 Å². The van der Waals surface area contributed by atoms with E-state index in [0.29, 0.717) is 21.2 Å². The van der Waals surface area contributed by atoms with Crippen molar-refractivity contribution in [2.45, 2.75) is 12.4 Å². The summed E-state index contributed by atoms with van der Waals surface area (Å²) >= 11 is 11.8. The van der Waals surface area contributed by atoms with Crippen LogP contribution in [-0.4, -0.2) is 6.36 Å². The van der Waals surface area contributed by atoms with Gasteiger partial charge < -0.3 is 10.5 Å². The van der Waals surface area contributed by atoms with E-state index in [1.165, 1.54) is 24.3 Å². The fourth-order valence-electron chi connectivity index (χ4n) is 1.82. The highest BCUT2D eigenvalue weighted by Gasteiger charge is 2.31. The molecule has 0 aliphatic rings. The molecule has 2 aromatic carbocycles. The summed E-state index contributed by atoms with van der Waals surface area (Å²) in [7, 11) is 0. The van der Waals surface area contributed by atoms with Gasteiger partial charge in [0.15, 0.2) is 0 Å². The van der Waals surface area contributed by atoms with Gasteiger partial charge in [-0.25, -0.2) is 0 Å². The van der Waals surface area contributed by atoms with Crippen LogP contribution in [0.5, 0.6) is 5.75 Å². The molecule has 0 saturated heterocycles. The SMILES string of the molecule is N[C@@H](c1ccc(OC(F)(F)F)cc1)c1cc(Cl)cc(Cl)c1. The zero-order valence-electron chi connectivity index (χ0n) is 10.5. The molecule has 2 rings (SSSR count). The van der Waals surface area contributed by atoms with Crippen molar-refractivity contribution >= 4 is 23.2 Å². The standard InChI is InChI=1S/C14H10Cl2F3NO/c15-10-5-9(6-11(16)7-10)13(20)8-1-3-12(4-2-8)21-14(17,18)19/h1-7,13H,20H2/t13-/m0/s1. The monoisotopic (exact) mass is 335 g/mol. The average Bonchev–Trinajstić information content (AvgIpc) is 2.35. The Bertz CT molecular complexity index is 609. The van der Waals surface area contributed by atoms with Gasteiger partial charge in [-0.05, 0) is 41.5 Å². The first-order valence-electron chi connectivity index (χ1n) is 5.82. The van der Waals surface area contributed by atoms with E-state index < -0.39 is 12.4 Å². The van der Waals surface area contributed by atoms with Crippen LogP contribution in [0, 0.1) is 0 Å². The highest BCUT2D eigenvalue weighted by molar-refractivity contribution is 6.34. The van der Waals surface area contributed by atoms with Crippen molar-refractivity contribution in [2.24, 2.45) is 5.73 Å². The number of alkyl halides is 3. The Morgan fingerprint density at radius 3 is 1.90 bits per heavy atom. The van der Waals surface area contributed by atoms with Crippen molar-refractivity contribution in [3.8, 4) is 5.75 Å². The number of hydrogen-bond acceptors (Lipinski definition) is 2. The van der Waals surface area contributed by atoms with E-state index in [1.54, 1.807) is 18.2 Å². The molecule has 0 heterocycles. The summed E-state index contributed by atoms with van der Waals surface area (Å²) in [5.74, 6) is -0.303. The van der Waals surface area contributed by atoms with Gasteiger partial charge >= 0.3 is 6.36 Å². The minimum absolute atomic E-state index is 0.303. The Kier molecular flexibility index (Phi) is 4.66. The predicted octanol–water partition coefficient (Wildman–Crippen LogP) is 4.94. The highest BCUT2D eigenvalue weighted by atomic mass is 35.5. The molecule has 0 aliphatic heterocycles. The van der Waals surface area contributed by atoms with Crippen LogP contribution in [0.25, 0.3) is 0 Å². The van der Waals surface area contributed by atoms with Gasteiger partial charge in [0, 0.05) is 10.0 Å². The molecule has 0 radical (unpaired) electrons. The summed E-state index contributed by atoms with van der Waals surface area (Å²) in [4.78, 5) is 0. The van der Waals surface area contributed by atoms with Gasteiger partial charge in [-0.3, -0.25) is 0 Å². The quantitative estimate of drug-likeness (QED) is 0.862. The van der Waals surface area contributed by atoms with Crippen molar-refractivity contribution in [2.75, 3.05) is 0 Å². The molecule has 0 aliphatic carbocycles. The molecule has 1 atom stereocenters. The van der Waals surface area contributed by atoms with E-state index in [-0.39, 0.29) is 5.75 Å². The fraction of sp³-hybridized carbons (Fsp3) is 0.143. The number of benzene rings is 2. The number of halogens is 5. The minimum atomic E-state index is -4.72. The summed E-state index contributed by atoms with van der Waals surface area (Å²) in [5.41, 5.74) is 7.33. The third-order valence-corrected chi connectivity index (χ3v) is 3.15. The van der Waals surface area contributed by atoms with Crippen molar-refractivity contribution in [3.63, 3.8) is 0 Å². The van der Waals surface area contributed by atoms with Crippen LogP contribution in [0.1, 0.15) is 17.2 Å². The lowest BCUT2D eigenvalue weighted by molar-refractivity contribution is -0.274. The van der Waals surface area contributed by atoms with Gasteiger partial charge in [-0.2, -0.15) is 0 Å². The topological polar surface area (TPSA) is 35.2 Å². The second-order valence-corrected chi connectivity index (χ2v) is 5.17. The summed E-state index contributed by atoms with van der Waals surface area (Å²) in [6.45, 7) is 0. The van der Waals surface area contributed by atoms with Crippen LogP contribution >= 0.6 is 23.2 Å². The van der Waals surface area contributed by atoms with E-state index in [2.05, 4.69) is 4.74 Å². The van der Waals surface area contributed by atoms with Crippen molar-refractivity contribution in [1.82, 2.24) is 0 Å². The van der Waals surface area contributed by atoms with Crippen molar-refractivity contribution in [1.29, 1.82) is 0 Å². The molecule has 0 aromatic heterocycles. The first-order valence-corrected chi connectivity index (χ1v) is 6.57. The van der Waals surface area contributed by atoms with Crippen LogP contribution in [0.15, 0.2) is 42.5 Å². The molecule has 112 valence electrons. The van der Waals surface area contributed by atoms with Crippen LogP contribution in [0.4, 0.5) is 13.2 Å². The molecular weight excluding hydrogens is 326 g/mol. The van der Waals surface area contributed by atoms with E-state index in [4.69, 9.17) is 28.9 Å². The fourth-order valence-corrected chi connectivity index (χ4v) is 2.37. The Balaban J connectivity index is 2.21. The van der Waals surface area contributed by atoms with E-state index in [9.17, 15) is 13.2 Å². The van der Waals surface area contributed by atoms with Crippen molar-refractivity contribution < 1.29 is 17.9 Å². The second-order valence-electron chi connectivity index (χ2n) is 4.30. The summed E-state index contributed by atoms with van der Waals surface area (Å²) in [5, 5.41) is 0.870. The molecule has 2 N–H and O–H groups in total. The summed E-state index contributed by atoms with van der Waals surface area (Å²) in [6, 6.07) is 9.64. The molecule has 0 fully saturated rings. The van der Waals surface area contributed by atoms with Crippen LogP contribution in [-0.2, 0) is 0 Å². The summed E-state index contributed by atoms with van der Waals surface area (Å²) in [6.07, 6.45) is -4.72. The maximum absolute atomic E-state index is 12.1. The predicted molar refractivity (Wildman–Crippen MR) is 75.6 cm³/mol. The maximum atomic E-state index is 12.1. The first kappa shape index (κ1) is 15.9. The molecule has 0 saturated carbocycles. The smallest absolute Gasteiger partial charge is 0.406 e. The lowest BCUT2D eigenvalue weighted by Crippen LogP contribution is -2.17. The van der Waals surface area contributed by atoms with Gasteiger partial charge in [0.25, 0.3) is 0 Å². The van der Waals surface area contributed by atoms with E-state index in [1.807, 2.05) is 0 Å². The van der Waals surface area contributed by atoms with E-state index >= 15 is 0 Å². The molecule has 0 unspecified atom stereocenters. The number of hydrogen-bond donors (Lipinski definition) is 1. The molecule has 7 heteroatoms. The van der Waals surface area contributed by atoms with Crippen LogP contribution < -0.4 is 10.5 Å². The molecular formula is C14H10Cl2F3NO. The largest absolute Gasteiger partial charge is 0.573 e. The van der Waals surface area contributed by atoms with Crippen molar-refractivity contribution in [3.05, 3.63) is 63.6 Å². The Morgan fingerprint density at radius 2 is 1.43 bits per heavy atom. The zero-order valence-corrected chi connectivity index (χ0v) is 12.0. The van der Waals surface area contributed by atoms with Gasteiger partial charge in [0.1, 0.15) is 5.75 Å². The molecule has 0 amide bonds. The highest BCUT2D eigenvalue weighted by Crippen LogP contribution is 2.28. The number of rotatable bonds is 3. The van der Waals surface area contributed by atoms with Crippen LogP contribution in [0.2, 0.25) is 10.0 Å². The normalized spacial score (nSPS) is 13.0. The molecule has 0 bridgehead atoms. The minimum Gasteiger partial charge on any atom is -0.406 e.